The molecule has 2 rings (SSSR count). The van der Waals surface area contributed by atoms with Crippen molar-refractivity contribution in [3.05, 3.63) is 0 Å². The Morgan fingerprint density at radius 1 is 1.12 bits per heavy atom. The van der Waals surface area contributed by atoms with Crippen LogP contribution in [0.3, 0.4) is 0 Å². The minimum absolute atomic E-state index is 0.0295. The van der Waals surface area contributed by atoms with E-state index < -0.39 is 26.1 Å². The van der Waals surface area contributed by atoms with Crippen LogP contribution in [0, 0.1) is 5.92 Å². The molecule has 2 amide bonds. The number of amides is 2. The van der Waals surface area contributed by atoms with Gasteiger partial charge in [-0.05, 0) is 57.7 Å². The van der Waals surface area contributed by atoms with E-state index in [2.05, 4.69) is 33.9 Å². The van der Waals surface area contributed by atoms with Crippen molar-refractivity contribution in [1.29, 1.82) is 0 Å². The van der Waals surface area contributed by atoms with Gasteiger partial charge >= 0.3 is 6.09 Å². The van der Waals surface area contributed by atoms with E-state index in [1.165, 1.54) is 4.90 Å². The number of imide groups is 1. The van der Waals surface area contributed by atoms with Crippen molar-refractivity contribution >= 4 is 20.3 Å². The maximum absolute atomic E-state index is 12.9. The summed E-state index contributed by atoms with van der Waals surface area (Å²) in [6.07, 6.45) is 1.72. The molecule has 6 heteroatoms. The molecular formula is C18H33NO4Si. The van der Waals surface area contributed by atoms with Crippen molar-refractivity contribution in [2.45, 2.75) is 96.7 Å². The number of rotatable bonds is 3. The summed E-state index contributed by atoms with van der Waals surface area (Å²) in [4.78, 5) is 26.8. The van der Waals surface area contributed by atoms with E-state index in [1.54, 1.807) is 0 Å². The molecule has 5 nitrogen and oxygen atoms in total. The van der Waals surface area contributed by atoms with Gasteiger partial charge in [0, 0.05) is 12.5 Å². The average Bonchev–Trinajstić information content (AvgIpc) is 3.12. The molecule has 0 aromatic rings. The summed E-state index contributed by atoms with van der Waals surface area (Å²) in [7, 11) is -2.07. The zero-order valence-electron chi connectivity index (χ0n) is 16.4. The van der Waals surface area contributed by atoms with Gasteiger partial charge in [0.05, 0.1) is 0 Å². The minimum atomic E-state index is -2.07. The number of nitrogens with zero attached hydrogens (tertiary/aromatic N) is 1. The Balaban J connectivity index is 2.17. The molecule has 2 fully saturated rings. The molecule has 1 aliphatic heterocycles. The topological polar surface area (TPSA) is 55.8 Å². The highest BCUT2D eigenvalue weighted by molar-refractivity contribution is 6.74. The van der Waals surface area contributed by atoms with E-state index >= 15 is 0 Å². The van der Waals surface area contributed by atoms with E-state index in [0.717, 1.165) is 12.8 Å². The summed E-state index contributed by atoms with van der Waals surface area (Å²) in [5, 5.41) is 0.0295. The number of hydrogen-bond donors (Lipinski definition) is 0. The third kappa shape index (κ3) is 4.20. The molecule has 0 aromatic carbocycles. The molecular weight excluding hydrogens is 322 g/mol. The number of hydrogen-bond acceptors (Lipinski definition) is 4. The average molecular weight is 356 g/mol. The fourth-order valence-corrected chi connectivity index (χ4v) is 4.06. The molecule has 0 unspecified atom stereocenters. The predicted molar refractivity (Wildman–Crippen MR) is 96.3 cm³/mol. The molecule has 0 radical (unpaired) electrons. The smallest absolute Gasteiger partial charge is 0.417 e. The van der Waals surface area contributed by atoms with Crippen LogP contribution in [0.4, 0.5) is 4.79 Å². The van der Waals surface area contributed by atoms with E-state index in [0.29, 0.717) is 12.3 Å². The summed E-state index contributed by atoms with van der Waals surface area (Å²) < 4.78 is 11.8. The van der Waals surface area contributed by atoms with Crippen molar-refractivity contribution < 1.29 is 18.8 Å². The fraction of sp³-hybridized carbons (Fsp3) is 0.889. The zero-order valence-corrected chi connectivity index (χ0v) is 17.4. The van der Waals surface area contributed by atoms with Crippen molar-refractivity contribution in [2.24, 2.45) is 5.92 Å². The molecule has 24 heavy (non-hydrogen) atoms. The first-order valence-corrected chi connectivity index (χ1v) is 11.9. The second-order valence-electron chi connectivity index (χ2n) is 9.70. The molecule has 1 aliphatic carbocycles. The van der Waals surface area contributed by atoms with Crippen molar-refractivity contribution in [2.75, 3.05) is 0 Å². The summed E-state index contributed by atoms with van der Waals surface area (Å²) in [5.74, 6) is 0.195. The van der Waals surface area contributed by atoms with Gasteiger partial charge in [0.25, 0.3) is 5.91 Å². The van der Waals surface area contributed by atoms with Gasteiger partial charge in [-0.1, -0.05) is 20.8 Å². The van der Waals surface area contributed by atoms with Crippen molar-refractivity contribution in [1.82, 2.24) is 4.90 Å². The largest absolute Gasteiger partial charge is 0.443 e. The van der Waals surface area contributed by atoms with Gasteiger partial charge in [-0.15, -0.1) is 0 Å². The highest BCUT2D eigenvalue weighted by atomic mass is 28.4. The van der Waals surface area contributed by atoms with Crippen LogP contribution < -0.4 is 0 Å². The van der Waals surface area contributed by atoms with Crippen LogP contribution in [0.5, 0.6) is 0 Å². The zero-order chi connectivity index (χ0) is 18.5. The van der Waals surface area contributed by atoms with Gasteiger partial charge in [0.2, 0.25) is 0 Å². The second-order valence-corrected chi connectivity index (χ2v) is 14.5. The van der Waals surface area contributed by atoms with Crippen LogP contribution in [0.15, 0.2) is 0 Å². The van der Waals surface area contributed by atoms with E-state index in [1.807, 2.05) is 20.8 Å². The first-order chi connectivity index (χ1) is 10.7. The van der Waals surface area contributed by atoms with Gasteiger partial charge in [-0.25, -0.2) is 9.69 Å². The lowest BCUT2D eigenvalue weighted by atomic mass is 10.1. The molecule has 1 heterocycles. The van der Waals surface area contributed by atoms with Crippen LogP contribution >= 0.6 is 0 Å². The lowest BCUT2D eigenvalue weighted by molar-refractivity contribution is -0.134. The van der Waals surface area contributed by atoms with Gasteiger partial charge < -0.3 is 9.16 Å². The quantitative estimate of drug-likeness (QED) is 0.707. The maximum atomic E-state index is 12.9. The Morgan fingerprint density at radius 2 is 1.67 bits per heavy atom. The molecule has 0 aromatic heterocycles. The number of likely N-dealkylation sites (tertiary alicyclic amines) is 1. The van der Waals surface area contributed by atoms with Crippen LogP contribution in [-0.2, 0) is 14.0 Å². The van der Waals surface area contributed by atoms with Gasteiger partial charge in [-0.3, -0.25) is 4.79 Å². The Labute approximate surface area is 147 Å². The SMILES string of the molecule is CC(C)(C)OC(=O)N1C(=O)[C@H](O[Si](C)(C)C(C)(C)C)C[C@@H]1C1CC1. The molecule has 2 aliphatic rings. The summed E-state index contributed by atoms with van der Waals surface area (Å²) in [5.41, 5.74) is -0.607. The standard InChI is InChI=1S/C18H33NO4Si/c1-17(2,3)22-16(21)19-13(12-9-10-12)11-14(15(19)20)23-24(7,8)18(4,5)6/h12-14H,9-11H2,1-8H3/t13-,14-/m1/s1. The maximum Gasteiger partial charge on any atom is 0.417 e. The van der Waals surface area contributed by atoms with Crippen LogP contribution in [0.2, 0.25) is 18.1 Å². The summed E-state index contributed by atoms with van der Waals surface area (Å²) in [6.45, 7) is 16.2. The molecule has 138 valence electrons. The summed E-state index contributed by atoms with van der Waals surface area (Å²) in [6, 6.07) is -0.0675. The highest BCUT2D eigenvalue weighted by Gasteiger charge is 2.53. The van der Waals surface area contributed by atoms with Crippen LogP contribution in [-0.4, -0.2) is 43.0 Å². The number of ether oxygens (including phenoxy) is 1. The molecule has 0 N–H and O–H groups in total. The van der Waals surface area contributed by atoms with Gasteiger partial charge in [0.1, 0.15) is 11.7 Å². The number of carbonyl (C=O) groups is 2. The molecule has 2 atom stereocenters. The van der Waals surface area contributed by atoms with Crippen LogP contribution in [0.25, 0.3) is 0 Å². The van der Waals surface area contributed by atoms with Crippen molar-refractivity contribution in [3.63, 3.8) is 0 Å². The fourth-order valence-electron chi connectivity index (χ4n) is 2.80. The Bertz CT molecular complexity index is 514. The van der Waals surface area contributed by atoms with E-state index in [9.17, 15) is 9.59 Å². The molecule has 1 saturated carbocycles. The van der Waals surface area contributed by atoms with E-state index in [4.69, 9.17) is 9.16 Å². The Hall–Kier alpha value is -0.883. The lowest BCUT2D eigenvalue weighted by Gasteiger charge is -2.37. The normalized spacial score (nSPS) is 26.0. The Kier molecular flexibility index (Phi) is 4.96. The highest BCUT2D eigenvalue weighted by Crippen LogP contribution is 2.44. The third-order valence-electron chi connectivity index (χ3n) is 5.30. The van der Waals surface area contributed by atoms with Gasteiger partial charge in [0.15, 0.2) is 8.32 Å². The molecule has 1 saturated heterocycles. The Morgan fingerprint density at radius 3 is 2.08 bits per heavy atom. The first-order valence-electron chi connectivity index (χ1n) is 8.97. The minimum Gasteiger partial charge on any atom is -0.443 e. The van der Waals surface area contributed by atoms with Gasteiger partial charge in [-0.2, -0.15) is 0 Å². The van der Waals surface area contributed by atoms with Crippen LogP contribution in [0.1, 0.15) is 60.8 Å². The predicted octanol–water partition coefficient (Wildman–Crippen LogP) is 4.32. The first kappa shape index (κ1) is 19.4. The lowest BCUT2D eigenvalue weighted by Crippen LogP contribution is -2.47. The molecule has 0 bridgehead atoms. The summed E-state index contributed by atoms with van der Waals surface area (Å²) >= 11 is 0. The van der Waals surface area contributed by atoms with Crippen molar-refractivity contribution in [3.8, 4) is 0 Å². The monoisotopic (exact) mass is 355 g/mol. The second kappa shape index (κ2) is 6.13. The van der Waals surface area contributed by atoms with E-state index in [-0.39, 0.29) is 17.0 Å². The third-order valence-corrected chi connectivity index (χ3v) is 9.79. The number of carbonyl (C=O) groups excluding carboxylic acids is 2. The molecule has 0 spiro atoms.